The van der Waals surface area contributed by atoms with Gasteiger partial charge in [0.15, 0.2) is 0 Å². The van der Waals surface area contributed by atoms with Gasteiger partial charge in [-0.25, -0.2) is 9.78 Å². The lowest BCUT2D eigenvalue weighted by Gasteiger charge is -2.27. The zero-order valence-electron chi connectivity index (χ0n) is 12.2. The van der Waals surface area contributed by atoms with Crippen LogP contribution in [0, 0.1) is 5.41 Å². The third-order valence-corrected chi connectivity index (χ3v) is 4.73. The Labute approximate surface area is 143 Å². The second-order valence-corrected chi connectivity index (χ2v) is 6.64. The molecule has 3 rings (SSSR count). The van der Waals surface area contributed by atoms with Gasteiger partial charge in [-0.2, -0.15) is 13.2 Å². The fraction of sp³-hybridized carbons (Fsp3) is 0.333. The molecule has 1 unspecified atom stereocenters. The van der Waals surface area contributed by atoms with Crippen LogP contribution in [0.4, 0.5) is 18.0 Å². The molecule has 0 bridgehead atoms. The summed E-state index contributed by atoms with van der Waals surface area (Å²) in [5, 5.41) is 10.9. The lowest BCUT2D eigenvalue weighted by Crippen LogP contribution is -2.41. The molecule has 3 N–H and O–H groups in total. The number of benzene rings is 1. The number of aromatic amines is 1. The summed E-state index contributed by atoms with van der Waals surface area (Å²) in [5.41, 5.74) is -0.837. The van der Waals surface area contributed by atoms with Crippen molar-refractivity contribution in [2.45, 2.75) is 25.1 Å². The van der Waals surface area contributed by atoms with E-state index in [0.717, 1.165) is 10.0 Å². The first-order chi connectivity index (χ1) is 11.2. The highest BCUT2D eigenvalue weighted by molar-refractivity contribution is 9.10. The number of nitrogens with one attached hydrogen (secondary N) is 2. The molecule has 1 fully saturated rings. The van der Waals surface area contributed by atoms with Crippen molar-refractivity contribution in [3.63, 3.8) is 0 Å². The van der Waals surface area contributed by atoms with Gasteiger partial charge in [-0.15, -0.1) is 0 Å². The Hall–Kier alpha value is -2.03. The Morgan fingerprint density at radius 1 is 1.33 bits per heavy atom. The molecule has 0 radical (unpaired) electrons. The van der Waals surface area contributed by atoms with Crippen LogP contribution in [-0.2, 0) is 0 Å². The predicted octanol–water partition coefficient (Wildman–Crippen LogP) is 4.49. The van der Waals surface area contributed by atoms with Crippen molar-refractivity contribution in [3.8, 4) is 11.3 Å². The van der Waals surface area contributed by atoms with Crippen LogP contribution in [0.2, 0.25) is 0 Å². The van der Waals surface area contributed by atoms with Crippen molar-refractivity contribution >= 4 is 22.0 Å². The van der Waals surface area contributed by atoms with E-state index < -0.39 is 23.7 Å². The number of amides is 1. The largest absolute Gasteiger partial charge is 0.465 e. The van der Waals surface area contributed by atoms with Crippen molar-refractivity contribution in [3.05, 3.63) is 40.8 Å². The number of hydrogen-bond acceptors (Lipinski definition) is 2. The quantitative estimate of drug-likeness (QED) is 0.703. The number of nitrogens with zero attached hydrogens (tertiary/aromatic N) is 1. The van der Waals surface area contributed by atoms with Crippen LogP contribution in [0.15, 0.2) is 34.9 Å². The molecule has 128 valence electrons. The van der Waals surface area contributed by atoms with Gasteiger partial charge >= 0.3 is 12.3 Å². The zero-order valence-corrected chi connectivity index (χ0v) is 13.8. The highest BCUT2D eigenvalue weighted by Gasteiger charge is 2.68. The van der Waals surface area contributed by atoms with Gasteiger partial charge in [0.25, 0.3) is 0 Å². The van der Waals surface area contributed by atoms with Gasteiger partial charge in [0.1, 0.15) is 11.9 Å². The second kappa shape index (κ2) is 5.80. The van der Waals surface area contributed by atoms with Gasteiger partial charge < -0.3 is 15.4 Å². The highest BCUT2D eigenvalue weighted by Crippen LogP contribution is 2.64. The average molecular weight is 404 g/mol. The van der Waals surface area contributed by atoms with E-state index in [2.05, 4.69) is 25.9 Å². The van der Waals surface area contributed by atoms with Crippen LogP contribution in [0.3, 0.4) is 0 Å². The van der Waals surface area contributed by atoms with Crippen LogP contribution in [0.5, 0.6) is 0 Å². The number of carboxylic acid groups (broad SMARTS) is 1. The Bertz CT molecular complexity index is 754. The Kier molecular flexibility index (Phi) is 4.06. The first kappa shape index (κ1) is 16.8. The molecule has 0 aliphatic heterocycles. The molecule has 5 nitrogen and oxygen atoms in total. The molecule has 1 atom stereocenters. The van der Waals surface area contributed by atoms with Crippen molar-refractivity contribution in [2.75, 3.05) is 0 Å². The third kappa shape index (κ3) is 3.00. The fourth-order valence-corrected chi connectivity index (χ4v) is 2.99. The Morgan fingerprint density at radius 2 is 1.96 bits per heavy atom. The monoisotopic (exact) mass is 403 g/mol. The fourth-order valence-electron chi connectivity index (χ4n) is 2.72. The lowest BCUT2D eigenvalue weighted by atomic mass is 9.95. The summed E-state index contributed by atoms with van der Waals surface area (Å²) in [6, 6.07) is 5.68. The number of aromatic nitrogens is 2. The zero-order chi connectivity index (χ0) is 17.5. The van der Waals surface area contributed by atoms with Crippen LogP contribution < -0.4 is 5.32 Å². The summed E-state index contributed by atoms with van der Waals surface area (Å²) < 4.78 is 41.0. The van der Waals surface area contributed by atoms with E-state index in [1.54, 1.807) is 24.3 Å². The standard InChI is InChI=1S/C15H13BrF3N3O2/c16-9-3-1-8(2-4-9)10-7-20-12(21-10)11(22-13(23)24)14(5-6-14)15(17,18)19/h1-4,7,11,22H,5-6H2,(H,20,21)(H,23,24). The minimum absolute atomic E-state index is 0.0369. The van der Waals surface area contributed by atoms with Gasteiger partial charge in [-0.1, -0.05) is 28.1 Å². The summed E-state index contributed by atoms with van der Waals surface area (Å²) in [4.78, 5) is 17.8. The van der Waals surface area contributed by atoms with E-state index >= 15 is 0 Å². The summed E-state index contributed by atoms with van der Waals surface area (Å²) in [5.74, 6) is -0.0369. The molecule has 1 amide bonds. The number of hydrogen-bond donors (Lipinski definition) is 3. The number of alkyl halides is 3. The maximum absolute atomic E-state index is 13.4. The van der Waals surface area contributed by atoms with E-state index in [1.807, 2.05) is 5.32 Å². The topological polar surface area (TPSA) is 78.0 Å². The number of H-pyrrole nitrogens is 1. The molecule has 0 saturated heterocycles. The molecule has 9 heteroatoms. The molecule has 2 aromatic rings. The summed E-state index contributed by atoms with van der Waals surface area (Å²) in [6.45, 7) is 0. The number of rotatable bonds is 4. The SMILES string of the molecule is O=C(O)NC(c1ncc(-c2ccc(Br)cc2)[nH]1)C1(C(F)(F)F)CC1. The van der Waals surface area contributed by atoms with Crippen molar-refractivity contribution in [1.29, 1.82) is 0 Å². The first-order valence-electron chi connectivity index (χ1n) is 7.10. The second-order valence-electron chi connectivity index (χ2n) is 5.73. The van der Waals surface area contributed by atoms with E-state index in [0.29, 0.717) is 5.69 Å². The van der Waals surface area contributed by atoms with E-state index in [4.69, 9.17) is 5.11 Å². The molecule has 1 heterocycles. The minimum atomic E-state index is -4.51. The minimum Gasteiger partial charge on any atom is -0.465 e. The molecular formula is C15H13BrF3N3O2. The molecule has 0 spiro atoms. The molecule has 1 aliphatic rings. The van der Waals surface area contributed by atoms with Crippen LogP contribution in [0.1, 0.15) is 24.7 Å². The number of carbonyl (C=O) groups is 1. The molecule has 1 aromatic heterocycles. The molecule has 1 aliphatic carbocycles. The van der Waals surface area contributed by atoms with Crippen LogP contribution >= 0.6 is 15.9 Å². The summed E-state index contributed by atoms with van der Waals surface area (Å²) in [6.07, 6.45) is -4.88. The predicted molar refractivity (Wildman–Crippen MR) is 83.3 cm³/mol. The highest BCUT2D eigenvalue weighted by atomic mass is 79.9. The smallest absolute Gasteiger partial charge is 0.405 e. The molecule has 1 saturated carbocycles. The summed E-state index contributed by atoms with van der Waals surface area (Å²) in [7, 11) is 0. The average Bonchev–Trinajstić information content (AvgIpc) is 3.17. The van der Waals surface area contributed by atoms with Crippen molar-refractivity contribution < 1.29 is 23.1 Å². The maximum Gasteiger partial charge on any atom is 0.405 e. The van der Waals surface area contributed by atoms with E-state index in [9.17, 15) is 18.0 Å². The maximum atomic E-state index is 13.4. The van der Waals surface area contributed by atoms with Crippen molar-refractivity contribution in [2.24, 2.45) is 5.41 Å². The van der Waals surface area contributed by atoms with Gasteiger partial charge in [0, 0.05) is 4.47 Å². The van der Waals surface area contributed by atoms with Gasteiger partial charge in [-0.05, 0) is 30.5 Å². The number of halogens is 4. The number of imidazole rings is 1. The van der Waals surface area contributed by atoms with Gasteiger partial charge in [0.05, 0.1) is 17.3 Å². The molecular weight excluding hydrogens is 391 g/mol. The van der Waals surface area contributed by atoms with Gasteiger partial charge in [-0.3, -0.25) is 0 Å². The Balaban J connectivity index is 1.95. The lowest BCUT2D eigenvalue weighted by molar-refractivity contribution is -0.196. The van der Waals surface area contributed by atoms with Gasteiger partial charge in [0.2, 0.25) is 0 Å². The Morgan fingerprint density at radius 3 is 2.46 bits per heavy atom. The first-order valence-corrected chi connectivity index (χ1v) is 7.89. The normalized spacial score (nSPS) is 17.3. The van der Waals surface area contributed by atoms with Crippen LogP contribution in [0.25, 0.3) is 11.3 Å². The molecule has 24 heavy (non-hydrogen) atoms. The van der Waals surface area contributed by atoms with E-state index in [-0.39, 0.29) is 18.7 Å². The van der Waals surface area contributed by atoms with Crippen LogP contribution in [-0.4, -0.2) is 27.3 Å². The van der Waals surface area contributed by atoms with Crippen molar-refractivity contribution in [1.82, 2.24) is 15.3 Å². The van der Waals surface area contributed by atoms with E-state index in [1.165, 1.54) is 6.20 Å². The summed E-state index contributed by atoms with van der Waals surface area (Å²) >= 11 is 3.30. The molecule has 1 aromatic carbocycles. The third-order valence-electron chi connectivity index (χ3n) is 4.20.